The molecule has 1 unspecified atom stereocenters. The molecule has 112 valence electrons. The second-order valence-electron chi connectivity index (χ2n) is 5.21. The monoisotopic (exact) mass is 284 g/mol. The lowest BCUT2D eigenvalue weighted by molar-refractivity contribution is 0.642. The fourth-order valence-corrected chi connectivity index (χ4v) is 2.39. The van der Waals surface area contributed by atoms with Crippen LogP contribution in [-0.4, -0.2) is 23.6 Å². The summed E-state index contributed by atoms with van der Waals surface area (Å²) in [5, 5.41) is 3.29. The minimum Gasteiger partial charge on any atom is -0.351 e. The van der Waals surface area contributed by atoms with Crippen LogP contribution in [0.1, 0.15) is 36.8 Å². The summed E-state index contributed by atoms with van der Waals surface area (Å²) in [6, 6.07) is 10.5. The maximum atomic E-state index is 4.60. The first-order valence-corrected chi connectivity index (χ1v) is 7.45. The summed E-state index contributed by atoms with van der Waals surface area (Å²) in [6.45, 7) is 8.00. The highest BCUT2D eigenvalue weighted by Gasteiger charge is 2.15. The highest BCUT2D eigenvalue weighted by Crippen LogP contribution is 2.24. The molecule has 1 N–H and O–H groups in total. The molecule has 2 aromatic heterocycles. The van der Waals surface area contributed by atoms with Gasteiger partial charge < -0.3 is 10.2 Å². The van der Waals surface area contributed by atoms with Gasteiger partial charge in [0.25, 0.3) is 0 Å². The van der Waals surface area contributed by atoms with E-state index < -0.39 is 0 Å². The van der Waals surface area contributed by atoms with Crippen LogP contribution < -0.4 is 10.2 Å². The molecule has 0 saturated heterocycles. The lowest BCUT2D eigenvalue weighted by atomic mass is 10.1. The zero-order valence-electron chi connectivity index (χ0n) is 13.3. The molecule has 0 aliphatic rings. The average molecular weight is 284 g/mol. The second-order valence-corrected chi connectivity index (χ2v) is 5.21. The zero-order chi connectivity index (χ0) is 15.2. The number of nitrogens with one attached hydrogen (secondary N) is 1. The minimum absolute atomic E-state index is 0.271. The van der Waals surface area contributed by atoms with Gasteiger partial charge in [0.15, 0.2) is 0 Å². The molecule has 0 radical (unpaired) electrons. The number of hydrogen-bond donors (Lipinski definition) is 1. The molecule has 0 aliphatic heterocycles. The van der Waals surface area contributed by atoms with Gasteiger partial charge in [0.2, 0.25) is 0 Å². The summed E-state index contributed by atoms with van der Waals surface area (Å²) in [7, 11) is 1.97. The van der Waals surface area contributed by atoms with Gasteiger partial charge in [0, 0.05) is 30.0 Å². The second kappa shape index (κ2) is 7.18. The van der Waals surface area contributed by atoms with Gasteiger partial charge in [-0.05, 0) is 46.0 Å². The van der Waals surface area contributed by atoms with E-state index in [2.05, 4.69) is 52.2 Å². The maximum Gasteiger partial charge on any atom is 0.133 e. The molecule has 0 spiro atoms. The molecule has 0 aliphatic carbocycles. The lowest BCUT2D eigenvalue weighted by Crippen LogP contribution is -2.27. The minimum atomic E-state index is 0.271. The molecule has 2 heterocycles. The standard InChI is InChI=1S/C17H24N4/c1-5-21(12-15-9-6-8-13(2)20-15)17-16(14(3)18-4)10-7-11-19-17/h6-11,14,18H,5,12H2,1-4H3. The molecule has 0 aromatic carbocycles. The van der Waals surface area contributed by atoms with E-state index in [1.165, 1.54) is 5.56 Å². The summed E-state index contributed by atoms with van der Waals surface area (Å²) in [6.07, 6.45) is 1.85. The Labute approximate surface area is 127 Å². The van der Waals surface area contributed by atoms with Crippen molar-refractivity contribution in [3.8, 4) is 0 Å². The van der Waals surface area contributed by atoms with E-state index in [0.29, 0.717) is 0 Å². The topological polar surface area (TPSA) is 41.1 Å². The van der Waals surface area contributed by atoms with Crippen LogP contribution in [0.25, 0.3) is 0 Å². The predicted molar refractivity (Wildman–Crippen MR) is 87.4 cm³/mol. The van der Waals surface area contributed by atoms with Crippen molar-refractivity contribution in [3.63, 3.8) is 0 Å². The normalized spacial score (nSPS) is 12.2. The van der Waals surface area contributed by atoms with E-state index in [4.69, 9.17) is 0 Å². The van der Waals surface area contributed by atoms with Crippen LogP contribution >= 0.6 is 0 Å². The molecular formula is C17H24N4. The Morgan fingerprint density at radius 1 is 1.24 bits per heavy atom. The fraction of sp³-hybridized carbons (Fsp3) is 0.412. The molecule has 4 nitrogen and oxygen atoms in total. The van der Waals surface area contributed by atoms with E-state index in [0.717, 1.165) is 30.3 Å². The molecule has 2 aromatic rings. The van der Waals surface area contributed by atoms with Gasteiger partial charge in [-0.25, -0.2) is 4.98 Å². The Hall–Kier alpha value is -1.94. The summed E-state index contributed by atoms with van der Waals surface area (Å²) in [5.41, 5.74) is 3.34. The molecule has 0 amide bonds. The fourth-order valence-electron chi connectivity index (χ4n) is 2.39. The van der Waals surface area contributed by atoms with Crippen molar-refractivity contribution >= 4 is 5.82 Å². The lowest BCUT2D eigenvalue weighted by Gasteiger charge is -2.26. The Morgan fingerprint density at radius 2 is 2.05 bits per heavy atom. The predicted octanol–water partition coefficient (Wildman–Crippen LogP) is 3.09. The number of aryl methyl sites for hydroxylation is 1. The molecule has 4 heteroatoms. The first-order valence-electron chi connectivity index (χ1n) is 7.45. The van der Waals surface area contributed by atoms with E-state index in [9.17, 15) is 0 Å². The van der Waals surface area contributed by atoms with E-state index in [-0.39, 0.29) is 6.04 Å². The SMILES string of the molecule is CCN(Cc1cccc(C)n1)c1ncccc1C(C)NC. The Bertz CT molecular complexity index is 583. The van der Waals surface area contributed by atoms with E-state index >= 15 is 0 Å². The molecular weight excluding hydrogens is 260 g/mol. The summed E-state index contributed by atoms with van der Waals surface area (Å²) in [5.74, 6) is 1.03. The molecule has 0 fully saturated rings. The average Bonchev–Trinajstić information content (AvgIpc) is 2.52. The van der Waals surface area contributed by atoms with Crippen molar-refractivity contribution in [3.05, 3.63) is 53.5 Å². The smallest absolute Gasteiger partial charge is 0.133 e. The maximum absolute atomic E-state index is 4.60. The first-order chi connectivity index (χ1) is 10.2. The van der Waals surface area contributed by atoms with Gasteiger partial charge >= 0.3 is 0 Å². The van der Waals surface area contributed by atoms with Crippen molar-refractivity contribution < 1.29 is 0 Å². The highest BCUT2D eigenvalue weighted by molar-refractivity contribution is 5.48. The first kappa shape index (κ1) is 15.4. The molecule has 21 heavy (non-hydrogen) atoms. The van der Waals surface area contributed by atoms with Crippen LogP contribution in [0.3, 0.4) is 0 Å². The van der Waals surface area contributed by atoms with E-state index in [1.807, 2.05) is 32.3 Å². The third kappa shape index (κ3) is 3.79. The van der Waals surface area contributed by atoms with Crippen molar-refractivity contribution in [1.29, 1.82) is 0 Å². The molecule has 1 atom stereocenters. The van der Waals surface area contributed by atoms with Gasteiger partial charge in [-0.2, -0.15) is 0 Å². The number of nitrogens with zero attached hydrogens (tertiary/aromatic N) is 3. The van der Waals surface area contributed by atoms with Gasteiger partial charge in [-0.3, -0.25) is 4.98 Å². The number of aromatic nitrogens is 2. The van der Waals surface area contributed by atoms with Crippen LogP contribution in [0.5, 0.6) is 0 Å². The third-order valence-electron chi connectivity index (χ3n) is 3.70. The summed E-state index contributed by atoms with van der Waals surface area (Å²) in [4.78, 5) is 11.5. The van der Waals surface area contributed by atoms with Gasteiger partial charge in [-0.15, -0.1) is 0 Å². The molecule has 2 rings (SSSR count). The Balaban J connectivity index is 2.29. The largest absolute Gasteiger partial charge is 0.351 e. The zero-order valence-corrected chi connectivity index (χ0v) is 13.3. The van der Waals surface area contributed by atoms with Gasteiger partial charge in [-0.1, -0.05) is 12.1 Å². The number of anilines is 1. The Kier molecular flexibility index (Phi) is 5.28. The molecule has 0 saturated carbocycles. The van der Waals surface area contributed by atoms with Crippen LogP contribution in [0.2, 0.25) is 0 Å². The van der Waals surface area contributed by atoms with Crippen LogP contribution in [0.15, 0.2) is 36.5 Å². The summed E-state index contributed by atoms with van der Waals surface area (Å²) >= 11 is 0. The van der Waals surface area contributed by atoms with Gasteiger partial charge in [0.1, 0.15) is 5.82 Å². The van der Waals surface area contributed by atoms with Crippen molar-refractivity contribution in [2.24, 2.45) is 0 Å². The van der Waals surface area contributed by atoms with Crippen molar-refractivity contribution in [2.45, 2.75) is 33.4 Å². The van der Waals surface area contributed by atoms with Gasteiger partial charge in [0.05, 0.1) is 12.2 Å². The van der Waals surface area contributed by atoms with Crippen LogP contribution in [0, 0.1) is 6.92 Å². The van der Waals surface area contributed by atoms with Crippen LogP contribution in [-0.2, 0) is 6.54 Å². The third-order valence-corrected chi connectivity index (χ3v) is 3.70. The molecule has 0 bridgehead atoms. The summed E-state index contributed by atoms with van der Waals surface area (Å²) < 4.78 is 0. The number of hydrogen-bond acceptors (Lipinski definition) is 4. The van der Waals surface area contributed by atoms with E-state index in [1.54, 1.807) is 0 Å². The Morgan fingerprint density at radius 3 is 2.71 bits per heavy atom. The highest BCUT2D eigenvalue weighted by atomic mass is 15.2. The number of pyridine rings is 2. The van der Waals surface area contributed by atoms with Crippen LogP contribution in [0.4, 0.5) is 5.82 Å². The van der Waals surface area contributed by atoms with Crippen molar-refractivity contribution in [1.82, 2.24) is 15.3 Å². The quantitative estimate of drug-likeness (QED) is 0.885. The van der Waals surface area contributed by atoms with Crippen molar-refractivity contribution in [2.75, 3.05) is 18.5 Å². The number of rotatable bonds is 6.